The first-order valence-electron chi connectivity index (χ1n) is 4.70. The van der Waals surface area contributed by atoms with Crippen LogP contribution in [0.15, 0.2) is 23.7 Å². The Kier molecular flexibility index (Phi) is 4.66. The molecule has 0 spiro atoms. The minimum Gasteiger partial charge on any atom is -0.309 e. The first kappa shape index (κ1) is 11.8. The number of halogens is 1. The van der Waals surface area contributed by atoms with Crippen molar-refractivity contribution in [3.63, 3.8) is 0 Å². The first-order valence-corrected chi connectivity index (χ1v) is 5.89. The number of hydrogen-bond donors (Lipinski definition) is 1. The highest BCUT2D eigenvalue weighted by atomic mass is 35.5. The molecule has 1 aromatic heterocycles. The second kappa shape index (κ2) is 5.54. The quantitative estimate of drug-likeness (QED) is 0.817. The highest BCUT2D eigenvalue weighted by Crippen LogP contribution is 2.16. The fourth-order valence-electron chi connectivity index (χ4n) is 1.25. The molecule has 0 aliphatic heterocycles. The molecule has 0 saturated carbocycles. The summed E-state index contributed by atoms with van der Waals surface area (Å²) >= 11 is 7.53. The van der Waals surface area contributed by atoms with Crippen molar-refractivity contribution in [2.24, 2.45) is 0 Å². The van der Waals surface area contributed by atoms with Crippen molar-refractivity contribution in [3.8, 4) is 0 Å². The number of rotatable bonds is 5. The van der Waals surface area contributed by atoms with E-state index in [1.165, 1.54) is 9.75 Å². The Labute approximate surface area is 94.8 Å². The van der Waals surface area contributed by atoms with Crippen LogP contribution < -0.4 is 5.32 Å². The maximum Gasteiger partial charge on any atom is 0.0310 e. The van der Waals surface area contributed by atoms with E-state index in [4.69, 9.17) is 11.6 Å². The average molecular weight is 230 g/mol. The lowest BCUT2D eigenvalue weighted by atomic mass is 10.2. The second-order valence-electron chi connectivity index (χ2n) is 3.52. The summed E-state index contributed by atoms with van der Waals surface area (Å²) < 4.78 is 0. The fourth-order valence-corrected chi connectivity index (χ4v) is 2.35. The summed E-state index contributed by atoms with van der Waals surface area (Å²) in [7, 11) is 0. The van der Waals surface area contributed by atoms with Crippen LogP contribution in [0.2, 0.25) is 0 Å². The van der Waals surface area contributed by atoms with E-state index in [-0.39, 0.29) is 0 Å². The summed E-state index contributed by atoms with van der Waals surface area (Å²) in [6.45, 7) is 8.62. The van der Waals surface area contributed by atoms with Crippen LogP contribution in [0.4, 0.5) is 0 Å². The van der Waals surface area contributed by atoms with E-state index in [0.717, 1.165) is 6.42 Å². The van der Waals surface area contributed by atoms with Gasteiger partial charge in [0, 0.05) is 27.4 Å². The van der Waals surface area contributed by atoms with E-state index in [1.807, 2.05) is 11.3 Å². The van der Waals surface area contributed by atoms with Crippen molar-refractivity contribution in [1.82, 2.24) is 5.32 Å². The molecule has 1 atom stereocenters. The molecule has 1 N–H and O–H groups in total. The highest BCUT2D eigenvalue weighted by Gasteiger charge is 2.04. The van der Waals surface area contributed by atoms with Crippen molar-refractivity contribution in [2.75, 3.05) is 6.54 Å². The van der Waals surface area contributed by atoms with Crippen LogP contribution in [0, 0.1) is 6.92 Å². The van der Waals surface area contributed by atoms with Gasteiger partial charge in [0.15, 0.2) is 0 Å². The third kappa shape index (κ3) is 4.27. The lowest BCUT2D eigenvalue weighted by molar-refractivity contribution is 0.582. The monoisotopic (exact) mass is 229 g/mol. The van der Waals surface area contributed by atoms with Crippen molar-refractivity contribution in [1.29, 1.82) is 0 Å². The fraction of sp³-hybridized carbons (Fsp3) is 0.455. The molecule has 1 nitrogen and oxygen atoms in total. The molecule has 0 saturated heterocycles. The third-order valence-corrected chi connectivity index (χ3v) is 3.10. The van der Waals surface area contributed by atoms with E-state index in [2.05, 4.69) is 37.9 Å². The van der Waals surface area contributed by atoms with Gasteiger partial charge in [0.25, 0.3) is 0 Å². The molecule has 0 aromatic carbocycles. The zero-order valence-corrected chi connectivity index (χ0v) is 10.2. The van der Waals surface area contributed by atoms with Gasteiger partial charge in [-0.05, 0) is 32.4 Å². The van der Waals surface area contributed by atoms with E-state index in [1.54, 1.807) is 0 Å². The molecule has 0 amide bonds. The Balaban J connectivity index is 2.33. The molecule has 1 aromatic rings. The van der Waals surface area contributed by atoms with Gasteiger partial charge in [-0.2, -0.15) is 0 Å². The molecule has 3 heteroatoms. The Morgan fingerprint density at radius 2 is 2.36 bits per heavy atom. The van der Waals surface area contributed by atoms with E-state index in [0.29, 0.717) is 17.6 Å². The summed E-state index contributed by atoms with van der Waals surface area (Å²) in [6, 6.07) is 4.80. The standard InChI is InChI=1S/C11H16ClNS/c1-8(12)7-13-9(2)6-11-5-4-10(3)14-11/h4-5,9,13H,1,6-7H2,2-3H3. The van der Waals surface area contributed by atoms with Crippen LogP contribution in [-0.4, -0.2) is 12.6 Å². The average Bonchev–Trinajstić information content (AvgIpc) is 2.48. The van der Waals surface area contributed by atoms with Gasteiger partial charge in [-0.25, -0.2) is 0 Å². The predicted octanol–water partition coefficient (Wildman–Crippen LogP) is 3.33. The van der Waals surface area contributed by atoms with Gasteiger partial charge in [-0.1, -0.05) is 18.2 Å². The molecular weight excluding hydrogens is 214 g/mol. The van der Waals surface area contributed by atoms with Gasteiger partial charge in [-0.15, -0.1) is 11.3 Å². The summed E-state index contributed by atoms with van der Waals surface area (Å²) in [5.41, 5.74) is 0. The molecule has 0 fully saturated rings. The van der Waals surface area contributed by atoms with E-state index >= 15 is 0 Å². The largest absolute Gasteiger partial charge is 0.309 e. The number of aryl methyl sites for hydroxylation is 1. The van der Waals surface area contributed by atoms with Crippen LogP contribution >= 0.6 is 22.9 Å². The summed E-state index contributed by atoms with van der Waals surface area (Å²) in [5.74, 6) is 0. The van der Waals surface area contributed by atoms with Crippen molar-refractivity contribution in [3.05, 3.63) is 33.5 Å². The van der Waals surface area contributed by atoms with Crippen molar-refractivity contribution in [2.45, 2.75) is 26.3 Å². The van der Waals surface area contributed by atoms with Gasteiger partial charge < -0.3 is 5.32 Å². The zero-order chi connectivity index (χ0) is 10.6. The van der Waals surface area contributed by atoms with E-state index in [9.17, 15) is 0 Å². The van der Waals surface area contributed by atoms with Gasteiger partial charge in [-0.3, -0.25) is 0 Å². The smallest absolute Gasteiger partial charge is 0.0310 e. The molecule has 0 aliphatic rings. The summed E-state index contributed by atoms with van der Waals surface area (Å²) in [4.78, 5) is 2.79. The van der Waals surface area contributed by atoms with Gasteiger partial charge in [0.1, 0.15) is 0 Å². The molecule has 78 valence electrons. The topological polar surface area (TPSA) is 12.0 Å². The first-order chi connectivity index (χ1) is 6.58. The Bertz CT molecular complexity index is 306. The van der Waals surface area contributed by atoms with Gasteiger partial charge in [0.2, 0.25) is 0 Å². The SMILES string of the molecule is C=C(Cl)CNC(C)Cc1ccc(C)s1. The molecular formula is C11H16ClNS. The summed E-state index contributed by atoms with van der Waals surface area (Å²) in [6.07, 6.45) is 1.06. The lowest BCUT2D eigenvalue weighted by Gasteiger charge is -2.11. The van der Waals surface area contributed by atoms with Crippen molar-refractivity contribution >= 4 is 22.9 Å². The predicted molar refractivity (Wildman–Crippen MR) is 65.2 cm³/mol. The maximum absolute atomic E-state index is 5.67. The molecule has 0 bridgehead atoms. The molecule has 0 aliphatic carbocycles. The van der Waals surface area contributed by atoms with Crippen LogP contribution in [-0.2, 0) is 6.42 Å². The van der Waals surface area contributed by atoms with Gasteiger partial charge >= 0.3 is 0 Å². The lowest BCUT2D eigenvalue weighted by Crippen LogP contribution is -2.28. The zero-order valence-electron chi connectivity index (χ0n) is 8.64. The third-order valence-electron chi connectivity index (χ3n) is 1.95. The van der Waals surface area contributed by atoms with Crippen LogP contribution in [0.25, 0.3) is 0 Å². The van der Waals surface area contributed by atoms with Crippen LogP contribution in [0.1, 0.15) is 16.7 Å². The molecule has 14 heavy (non-hydrogen) atoms. The number of hydrogen-bond acceptors (Lipinski definition) is 2. The van der Waals surface area contributed by atoms with Gasteiger partial charge in [0.05, 0.1) is 0 Å². The minimum atomic E-state index is 0.448. The Hall–Kier alpha value is -0.310. The molecule has 1 heterocycles. The number of nitrogens with one attached hydrogen (secondary N) is 1. The highest BCUT2D eigenvalue weighted by molar-refractivity contribution is 7.11. The Morgan fingerprint density at radius 1 is 1.64 bits per heavy atom. The molecule has 1 unspecified atom stereocenters. The van der Waals surface area contributed by atoms with Crippen molar-refractivity contribution < 1.29 is 0 Å². The minimum absolute atomic E-state index is 0.448. The summed E-state index contributed by atoms with van der Waals surface area (Å²) in [5, 5.41) is 3.98. The second-order valence-corrected chi connectivity index (χ2v) is 5.42. The van der Waals surface area contributed by atoms with E-state index < -0.39 is 0 Å². The molecule has 0 radical (unpaired) electrons. The number of thiophene rings is 1. The molecule has 1 rings (SSSR count). The maximum atomic E-state index is 5.67. The normalized spacial score (nSPS) is 12.8. The van der Waals surface area contributed by atoms with Crippen LogP contribution in [0.3, 0.4) is 0 Å². The van der Waals surface area contributed by atoms with Crippen LogP contribution in [0.5, 0.6) is 0 Å². The Morgan fingerprint density at radius 3 is 2.86 bits per heavy atom.